The molecular weight excluding hydrogens is 544 g/mol. The molecule has 258 valence electrons. The van der Waals surface area contributed by atoms with Gasteiger partial charge in [0.15, 0.2) is 0 Å². The third kappa shape index (κ3) is 22.6. The molecule has 0 amide bonds. The van der Waals surface area contributed by atoms with Gasteiger partial charge in [0.25, 0.3) is 0 Å². The summed E-state index contributed by atoms with van der Waals surface area (Å²) in [5.41, 5.74) is 2.77. The number of benzene rings is 1. The lowest BCUT2D eigenvalue weighted by Gasteiger charge is -2.08. The average molecular weight is 621 g/mol. The van der Waals surface area contributed by atoms with E-state index in [4.69, 9.17) is 4.98 Å². The minimum Gasteiger partial charge on any atom is -0.335 e. The topological polar surface area (TPSA) is 17.8 Å². The Morgan fingerprint density at radius 1 is 0.422 bits per heavy atom. The van der Waals surface area contributed by atoms with Crippen LogP contribution in [0.25, 0.3) is 0 Å². The van der Waals surface area contributed by atoms with Crippen LogP contribution in [0.5, 0.6) is 0 Å². The smallest absolute Gasteiger partial charge is 0.108 e. The van der Waals surface area contributed by atoms with Crippen LogP contribution in [-0.2, 0) is 25.8 Å². The molecule has 2 rings (SSSR count). The number of hydrogen-bond donors (Lipinski definition) is 0. The number of aryl methyl sites for hydroxylation is 4. The Bertz CT molecular complexity index is 869. The fraction of sp³-hybridized carbons (Fsp3) is 0.791. The van der Waals surface area contributed by atoms with Crippen molar-refractivity contribution in [1.29, 1.82) is 0 Å². The van der Waals surface area contributed by atoms with E-state index in [0.717, 1.165) is 25.8 Å². The number of unbranched alkanes of at least 4 members (excludes halogenated alkanes) is 25. The standard InChI is InChI=1S/C43H76N2/c1-3-5-7-9-11-13-15-16-17-18-19-21-23-25-27-32-39-45-40-42(37-33-36-41-34-29-28-30-35-41)44-43(45)38-31-26-24-22-20-14-12-10-8-6-4-2/h28-30,34-35,40H,3-27,31-33,36-39H2,1-2H3. The monoisotopic (exact) mass is 621 g/mol. The fourth-order valence-electron chi connectivity index (χ4n) is 6.92. The Morgan fingerprint density at radius 2 is 0.844 bits per heavy atom. The second kappa shape index (κ2) is 29.8. The Kier molecular flexibility index (Phi) is 26.2. The van der Waals surface area contributed by atoms with Crippen molar-refractivity contribution in [2.75, 3.05) is 0 Å². The van der Waals surface area contributed by atoms with Gasteiger partial charge in [-0.2, -0.15) is 0 Å². The zero-order chi connectivity index (χ0) is 31.9. The fourth-order valence-corrected chi connectivity index (χ4v) is 6.92. The molecule has 2 aromatic rings. The molecule has 0 radical (unpaired) electrons. The van der Waals surface area contributed by atoms with Crippen molar-refractivity contribution in [2.24, 2.45) is 0 Å². The summed E-state index contributed by atoms with van der Waals surface area (Å²) in [4.78, 5) is 5.18. The van der Waals surface area contributed by atoms with E-state index in [0.29, 0.717) is 0 Å². The highest BCUT2D eigenvalue weighted by molar-refractivity contribution is 5.15. The number of hydrogen-bond acceptors (Lipinski definition) is 1. The van der Waals surface area contributed by atoms with E-state index < -0.39 is 0 Å². The maximum atomic E-state index is 5.18. The van der Waals surface area contributed by atoms with Gasteiger partial charge in [0.05, 0.1) is 5.69 Å². The Balaban J connectivity index is 1.58. The molecule has 0 aliphatic carbocycles. The van der Waals surface area contributed by atoms with Crippen molar-refractivity contribution in [2.45, 2.75) is 219 Å². The lowest BCUT2D eigenvalue weighted by molar-refractivity contribution is 0.514. The summed E-state index contributed by atoms with van der Waals surface area (Å²) in [6.45, 7) is 5.78. The Labute approximate surface area is 282 Å². The molecule has 0 unspecified atom stereocenters. The molecule has 0 fully saturated rings. The summed E-state index contributed by atoms with van der Waals surface area (Å²) in [6.07, 6.45) is 45.4. The van der Waals surface area contributed by atoms with Gasteiger partial charge in [-0.3, -0.25) is 0 Å². The minimum atomic E-state index is 1.10. The van der Waals surface area contributed by atoms with Crippen LogP contribution in [0.3, 0.4) is 0 Å². The van der Waals surface area contributed by atoms with Crippen LogP contribution in [-0.4, -0.2) is 9.55 Å². The highest BCUT2D eigenvalue weighted by atomic mass is 15.1. The molecule has 2 nitrogen and oxygen atoms in total. The van der Waals surface area contributed by atoms with Crippen LogP contribution >= 0.6 is 0 Å². The van der Waals surface area contributed by atoms with Crippen molar-refractivity contribution in [3.63, 3.8) is 0 Å². The third-order valence-corrected chi connectivity index (χ3v) is 9.91. The van der Waals surface area contributed by atoms with Crippen molar-refractivity contribution < 1.29 is 0 Å². The van der Waals surface area contributed by atoms with Gasteiger partial charge in [-0.25, -0.2) is 4.98 Å². The third-order valence-electron chi connectivity index (χ3n) is 9.91. The SMILES string of the molecule is CCCCCCCCCCCCCCCCCCn1cc(CCCc2ccccc2)nc1CCCCCCCCCCCCC. The van der Waals surface area contributed by atoms with Crippen molar-refractivity contribution in [3.8, 4) is 0 Å². The zero-order valence-electron chi connectivity index (χ0n) is 30.5. The average Bonchev–Trinajstić information content (AvgIpc) is 3.45. The van der Waals surface area contributed by atoms with Gasteiger partial charge in [0.2, 0.25) is 0 Å². The highest BCUT2D eigenvalue weighted by Gasteiger charge is 2.09. The Morgan fingerprint density at radius 3 is 1.31 bits per heavy atom. The summed E-state index contributed by atoms with van der Waals surface area (Å²) in [7, 11) is 0. The number of nitrogens with zero attached hydrogens (tertiary/aromatic N) is 2. The summed E-state index contributed by atoms with van der Waals surface area (Å²) in [5.74, 6) is 1.36. The summed E-state index contributed by atoms with van der Waals surface area (Å²) in [6, 6.07) is 11.0. The van der Waals surface area contributed by atoms with Gasteiger partial charge in [-0.1, -0.05) is 205 Å². The number of aromatic nitrogens is 2. The first-order chi connectivity index (χ1) is 22.3. The van der Waals surface area contributed by atoms with Crippen LogP contribution in [0, 0.1) is 0 Å². The van der Waals surface area contributed by atoms with E-state index in [2.05, 4.69) is 54.9 Å². The van der Waals surface area contributed by atoms with Crippen LogP contribution in [0.4, 0.5) is 0 Å². The van der Waals surface area contributed by atoms with E-state index in [1.54, 1.807) is 0 Å². The highest BCUT2D eigenvalue weighted by Crippen LogP contribution is 2.17. The van der Waals surface area contributed by atoms with Gasteiger partial charge < -0.3 is 4.57 Å². The first-order valence-corrected chi connectivity index (χ1v) is 20.4. The quantitative estimate of drug-likeness (QED) is 0.0726. The molecule has 1 heterocycles. The molecule has 1 aromatic carbocycles. The lowest BCUT2D eigenvalue weighted by Crippen LogP contribution is -2.03. The molecular formula is C43H76N2. The number of rotatable bonds is 33. The molecule has 0 saturated heterocycles. The van der Waals surface area contributed by atoms with Crippen LogP contribution in [0.1, 0.15) is 211 Å². The van der Waals surface area contributed by atoms with E-state index in [1.807, 2.05) is 0 Å². The Hall–Kier alpha value is -1.57. The first-order valence-electron chi connectivity index (χ1n) is 20.4. The van der Waals surface area contributed by atoms with Gasteiger partial charge in [-0.05, 0) is 37.7 Å². The molecule has 45 heavy (non-hydrogen) atoms. The molecule has 0 saturated carbocycles. The van der Waals surface area contributed by atoms with Gasteiger partial charge >= 0.3 is 0 Å². The van der Waals surface area contributed by atoms with E-state index in [-0.39, 0.29) is 0 Å². The normalized spacial score (nSPS) is 11.5. The molecule has 0 aliphatic heterocycles. The van der Waals surface area contributed by atoms with E-state index in [1.165, 1.54) is 197 Å². The molecule has 0 aliphatic rings. The van der Waals surface area contributed by atoms with Crippen LogP contribution in [0.15, 0.2) is 36.5 Å². The molecule has 0 atom stereocenters. The summed E-state index contributed by atoms with van der Waals surface area (Å²) < 4.78 is 2.54. The minimum absolute atomic E-state index is 1.10. The van der Waals surface area contributed by atoms with Crippen molar-refractivity contribution >= 4 is 0 Å². The second-order valence-electron chi connectivity index (χ2n) is 14.3. The predicted molar refractivity (Wildman–Crippen MR) is 200 cm³/mol. The summed E-state index contributed by atoms with van der Waals surface area (Å²) in [5, 5.41) is 0. The molecule has 2 heteroatoms. The predicted octanol–water partition coefficient (Wildman–Crippen LogP) is 14.2. The number of imidazole rings is 1. The lowest BCUT2D eigenvalue weighted by atomic mass is 10.0. The molecule has 0 N–H and O–H groups in total. The largest absolute Gasteiger partial charge is 0.335 e. The maximum Gasteiger partial charge on any atom is 0.108 e. The van der Waals surface area contributed by atoms with Gasteiger partial charge in [0.1, 0.15) is 5.82 Å². The van der Waals surface area contributed by atoms with Crippen molar-refractivity contribution in [1.82, 2.24) is 9.55 Å². The van der Waals surface area contributed by atoms with Gasteiger partial charge in [0, 0.05) is 19.2 Å². The zero-order valence-corrected chi connectivity index (χ0v) is 30.5. The molecule has 0 spiro atoms. The van der Waals surface area contributed by atoms with Crippen LogP contribution < -0.4 is 0 Å². The van der Waals surface area contributed by atoms with E-state index in [9.17, 15) is 0 Å². The molecule has 1 aromatic heterocycles. The second-order valence-corrected chi connectivity index (χ2v) is 14.3. The van der Waals surface area contributed by atoms with Gasteiger partial charge in [-0.15, -0.1) is 0 Å². The van der Waals surface area contributed by atoms with Crippen LogP contribution in [0.2, 0.25) is 0 Å². The summed E-state index contributed by atoms with van der Waals surface area (Å²) >= 11 is 0. The van der Waals surface area contributed by atoms with Crippen molar-refractivity contribution in [3.05, 3.63) is 53.6 Å². The molecule has 0 bridgehead atoms. The first kappa shape index (κ1) is 39.6. The van der Waals surface area contributed by atoms with E-state index >= 15 is 0 Å². The maximum absolute atomic E-state index is 5.18.